The first-order chi connectivity index (χ1) is 6.07. The molecule has 0 fully saturated rings. The maximum Gasteiger partial charge on any atom is 0.234 e. The quantitative estimate of drug-likeness (QED) is 0.558. The first-order valence-electron chi connectivity index (χ1n) is 4.60. The van der Waals surface area contributed by atoms with Crippen LogP contribution in [0.4, 0.5) is 0 Å². The predicted molar refractivity (Wildman–Crippen MR) is 51.2 cm³/mol. The van der Waals surface area contributed by atoms with Crippen molar-refractivity contribution in [2.45, 2.75) is 39.2 Å². The lowest BCUT2D eigenvalue weighted by atomic mass is 10.2. The fraction of sp³-hybridized carbons (Fsp3) is 0.778. The zero-order valence-corrected chi connectivity index (χ0v) is 8.30. The van der Waals surface area contributed by atoms with Gasteiger partial charge in [0.2, 0.25) is 5.91 Å². The molecule has 76 valence electrons. The molecule has 0 unspecified atom stereocenters. The summed E-state index contributed by atoms with van der Waals surface area (Å²) in [5.74, 6) is -0.153. The molecule has 13 heavy (non-hydrogen) atoms. The Bertz CT molecular complexity index is 180. The standard InChI is InChI=1S/C9H18N2O2/c1-3-8(9(10)13)11-6-4-5-7(2)12/h8,11H,3-6H2,1-2H3,(H2,10,13)/t8-/m0/s1. The summed E-state index contributed by atoms with van der Waals surface area (Å²) in [4.78, 5) is 21.3. The van der Waals surface area contributed by atoms with E-state index in [1.807, 2.05) is 6.92 Å². The predicted octanol–water partition coefficient (Wildman–Crippen LogP) is 0.209. The van der Waals surface area contributed by atoms with Crippen molar-refractivity contribution < 1.29 is 9.59 Å². The van der Waals surface area contributed by atoms with Crippen molar-refractivity contribution in [3.8, 4) is 0 Å². The van der Waals surface area contributed by atoms with Gasteiger partial charge in [-0.2, -0.15) is 0 Å². The molecule has 0 aliphatic heterocycles. The maximum atomic E-state index is 10.8. The molecule has 3 N–H and O–H groups in total. The lowest BCUT2D eigenvalue weighted by Crippen LogP contribution is -2.41. The number of hydrogen-bond donors (Lipinski definition) is 2. The van der Waals surface area contributed by atoms with Crippen molar-refractivity contribution in [2.75, 3.05) is 6.54 Å². The number of nitrogens with two attached hydrogens (primary N) is 1. The largest absolute Gasteiger partial charge is 0.368 e. The molecule has 0 saturated carbocycles. The Hall–Kier alpha value is -0.900. The van der Waals surface area contributed by atoms with Crippen LogP contribution in [0.1, 0.15) is 33.1 Å². The van der Waals surface area contributed by atoms with Gasteiger partial charge < -0.3 is 15.8 Å². The summed E-state index contributed by atoms with van der Waals surface area (Å²) in [6, 6.07) is -0.257. The smallest absolute Gasteiger partial charge is 0.234 e. The Morgan fingerprint density at radius 1 is 1.46 bits per heavy atom. The van der Waals surface area contributed by atoms with Crippen LogP contribution >= 0.6 is 0 Å². The minimum absolute atomic E-state index is 0.175. The molecule has 4 nitrogen and oxygen atoms in total. The molecular formula is C9H18N2O2. The van der Waals surface area contributed by atoms with Crippen LogP contribution in [0.2, 0.25) is 0 Å². The highest BCUT2D eigenvalue weighted by molar-refractivity contribution is 5.79. The number of carbonyl (C=O) groups is 2. The van der Waals surface area contributed by atoms with Crippen molar-refractivity contribution in [2.24, 2.45) is 5.73 Å². The number of nitrogens with one attached hydrogen (secondary N) is 1. The van der Waals surface area contributed by atoms with E-state index < -0.39 is 0 Å². The summed E-state index contributed by atoms with van der Waals surface area (Å²) in [6.07, 6.45) is 2.01. The fourth-order valence-corrected chi connectivity index (χ4v) is 1.06. The Morgan fingerprint density at radius 3 is 2.46 bits per heavy atom. The average Bonchev–Trinajstić information content (AvgIpc) is 2.03. The molecule has 4 heteroatoms. The molecule has 0 spiro atoms. The molecule has 0 rings (SSSR count). The molecule has 0 heterocycles. The van der Waals surface area contributed by atoms with Gasteiger partial charge in [-0.1, -0.05) is 6.92 Å². The Labute approximate surface area is 78.9 Å². The number of hydrogen-bond acceptors (Lipinski definition) is 3. The Balaban J connectivity index is 3.50. The van der Waals surface area contributed by atoms with Crippen molar-refractivity contribution in [1.82, 2.24) is 5.32 Å². The monoisotopic (exact) mass is 186 g/mol. The van der Waals surface area contributed by atoms with Gasteiger partial charge in [0.05, 0.1) is 6.04 Å². The van der Waals surface area contributed by atoms with Crippen LogP contribution in [0.3, 0.4) is 0 Å². The maximum absolute atomic E-state index is 10.8. The molecule has 1 amide bonds. The third-order valence-electron chi connectivity index (χ3n) is 1.85. The van der Waals surface area contributed by atoms with Crippen molar-refractivity contribution in [3.63, 3.8) is 0 Å². The molecule has 0 aliphatic rings. The Morgan fingerprint density at radius 2 is 2.08 bits per heavy atom. The topological polar surface area (TPSA) is 72.2 Å². The van der Waals surface area contributed by atoms with Crippen molar-refractivity contribution >= 4 is 11.7 Å². The number of amides is 1. The number of primary amides is 1. The summed E-state index contributed by atoms with van der Waals surface area (Å²) in [5.41, 5.74) is 5.12. The van der Waals surface area contributed by atoms with Gasteiger partial charge in [-0.3, -0.25) is 4.79 Å². The van der Waals surface area contributed by atoms with E-state index in [9.17, 15) is 9.59 Å². The van der Waals surface area contributed by atoms with E-state index in [4.69, 9.17) is 5.73 Å². The SMILES string of the molecule is CC[C@H](NCCCC(C)=O)C(N)=O. The van der Waals surface area contributed by atoms with E-state index in [-0.39, 0.29) is 17.7 Å². The van der Waals surface area contributed by atoms with Crippen LogP contribution in [0.15, 0.2) is 0 Å². The second kappa shape index (κ2) is 6.60. The highest BCUT2D eigenvalue weighted by atomic mass is 16.1. The van der Waals surface area contributed by atoms with E-state index >= 15 is 0 Å². The summed E-state index contributed by atoms with van der Waals surface area (Å²) in [5, 5.41) is 3.00. The molecule has 0 aromatic carbocycles. The van der Waals surface area contributed by atoms with Crippen LogP contribution in [-0.4, -0.2) is 24.3 Å². The van der Waals surface area contributed by atoms with Gasteiger partial charge in [0, 0.05) is 6.42 Å². The van der Waals surface area contributed by atoms with Crippen LogP contribution in [0.5, 0.6) is 0 Å². The van der Waals surface area contributed by atoms with Crippen molar-refractivity contribution in [3.05, 3.63) is 0 Å². The van der Waals surface area contributed by atoms with E-state index in [1.54, 1.807) is 6.92 Å². The van der Waals surface area contributed by atoms with E-state index in [0.717, 1.165) is 6.42 Å². The van der Waals surface area contributed by atoms with Crippen LogP contribution in [0, 0.1) is 0 Å². The van der Waals surface area contributed by atoms with E-state index in [2.05, 4.69) is 5.32 Å². The number of ketones is 1. The van der Waals surface area contributed by atoms with Crippen LogP contribution in [0.25, 0.3) is 0 Å². The third-order valence-corrected chi connectivity index (χ3v) is 1.85. The highest BCUT2D eigenvalue weighted by Crippen LogP contribution is 1.92. The summed E-state index contributed by atoms with van der Waals surface area (Å²) >= 11 is 0. The summed E-state index contributed by atoms with van der Waals surface area (Å²) in [6.45, 7) is 4.12. The molecule has 0 aromatic rings. The van der Waals surface area contributed by atoms with Crippen molar-refractivity contribution in [1.29, 1.82) is 0 Å². The first kappa shape index (κ1) is 12.1. The van der Waals surface area contributed by atoms with Gasteiger partial charge in [-0.05, 0) is 26.3 Å². The molecule has 0 radical (unpaired) electrons. The van der Waals surface area contributed by atoms with Crippen LogP contribution in [-0.2, 0) is 9.59 Å². The van der Waals surface area contributed by atoms with Crippen LogP contribution < -0.4 is 11.1 Å². The van der Waals surface area contributed by atoms with E-state index in [0.29, 0.717) is 19.4 Å². The van der Waals surface area contributed by atoms with Gasteiger partial charge in [-0.25, -0.2) is 0 Å². The second-order valence-corrected chi connectivity index (χ2v) is 3.12. The average molecular weight is 186 g/mol. The number of carbonyl (C=O) groups excluding carboxylic acids is 2. The van der Waals surface area contributed by atoms with Gasteiger partial charge in [0.1, 0.15) is 5.78 Å². The van der Waals surface area contributed by atoms with Gasteiger partial charge in [0.25, 0.3) is 0 Å². The first-order valence-corrected chi connectivity index (χ1v) is 4.60. The normalized spacial score (nSPS) is 12.5. The lowest BCUT2D eigenvalue weighted by molar-refractivity contribution is -0.120. The third kappa shape index (κ3) is 6.28. The lowest BCUT2D eigenvalue weighted by Gasteiger charge is -2.12. The summed E-state index contributed by atoms with van der Waals surface area (Å²) < 4.78 is 0. The zero-order valence-electron chi connectivity index (χ0n) is 8.30. The zero-order chi connectivity index (χ0) is 10.3. The second-order valence-electron chi connectivity index (χ2n) is 3.12. The van der Waals surface area contributed by atoms with Gasteiger partial charge >= 0.3 is 0 Å². The Kier molecular flexibility index (Phi) is 6.14. The minimum atomic E-state index is -0.328. The molecule has 1 atom stereocenters. The molecule has 0 saturated heterocycles. The molecule has 0 bridgehead atoms. The molecule has 0 aromatic heterocycles. The molecular weight excluding hydrogens is 168 g/mol. The minimum Gasteiger partial charge on any atom is -0.368 e. The van der Waals surface area contributed by atoms with Gasteiger partial charge in [-0.15, -0.1) is 0 Å². The summed E-state index contributed by atoms with van der Waals surface area (Å²) in [7, 11) is 0. The van der Waals surface area contributed by atoms with Gasteiger partial charge in [0.15, 0.2) is 0 Å². The number of rotatable bonds is 7. The highest BCUT2D eigenvalue weighted by Gasteiger charge is 2.10. The fourth-order valence-electron chi connectivity index (χ4n) is 1.06. The molecule has 0 aliphatic carbocycles. The number of Topliss-reactive ketones (excluding diaryl/α,β-unsaturated/α-hetero) is 1. The van der Waals surface area contributed by atoms with E-state index in [1.165, 1.54) is 0 Å².